The van der Waals surface area contributed by atoms with Crippen molar-refractivity contribution < 1.29 is 9.72 Å². The number of rotatable bonds is 4. The van der Waals surface area contributed by atoms with Gasteiger partial charge in [0.15, 0.2) is 0 Å². The largest absolute Gasteiger partial charge is 0.375 e. The molecule has 0 saturated heterocycles. The molecule has 1 aromatic heterocycles. The number of nitro groups is 1. The third kappa shape index (κ3) is 2.87. The number of fused-ring (bicyclic) bond motifs is 1. The molecule has 21 heavy (non-hydrogen) atoms. The number of carbonyl (C=O) groups is 1. The molecule has 1 aromatic carbocycles. The van der Waals surface area contributed by atoms with E-state index in [1.54, 1.807) is 23.5 Å². The standard InChI is InChI=1S/C14H13N3O3S/c18-14-4-3-9-6-13(17(19)20)12(7-11(9)16-14)15-8-10-2-1-5-21-10/h1-2,5-7,15H,3-4,8H2,(H,16,18). The van der Waals surface area contributed by atoms with E-state index in [0.717, 1.165) is 10.4 Å². The molecule has 6 nitrogen and oxygen atoms in total. The fraction of sp³-hybridized carbons (Fsp3) is 0.214. The highest BCUT2D eigenvalue weighted by Gasteiger charge is 2.22. The maximum atomic E-state index is 11.4. The van der Waals surface area contributed by atoms with Crippen molar-refractivity contribution in [3.05, 3.63) is 50.2 Å². The lowest BCUT2D eigenvalue weighted by Crippen LogP contribution is -2.19. The molecular weight excluding hydrogens is 290 g/mol. The Morgan fingerprint density at radius 1 is 1.38 bits per heavy atom. The summed E-state index contributed by atoms with van der Waals surface area (Å²) < 4.78 is 0. The molecule has 0 saturated carbocycles. The van der Waals surface area contributed by atoms with Crippen molar-refractivity contribution in [2.24, 2.45) is 0 Å². The summed E-state index contributed by atoms with van der Waals surface area (Å²) in [6.07, 6.45) is 0.902. The third-order valence-electron chi connectivity index (χ3n) is 3.35. The molecule has 1 aliphatic rings. The normalized spacial score (nSPS) is 13.4. The Morgan fingerprint density at radius 3 is 2.95 bits per heavy atom. The fourth-order valence-corrected chi connectivity index (χ4v) is 2.95. The van der Waals surface area contributed by atoms with Crippen LogP contribution < -0.4 is 10.6 Å². The monoisotopic (exact) mass is 303 g/mol. The van der Waals surface area contributed by atoms with Crippen LogP contribution in [0.25, 0.3) is 0 Å². The second kappa shape index (κ2) is 5.53. The Balaban J connectivity index is 1.91. The number of carbonyl (C=O) groups excluding carboxylic acids is 1. The van der Waals surface area contributed by atoms with Gasteiger partial charge < -0.3 is 10.6 Å². The first-order chi connectivity index (χ1) is 10.1. The molecule has 0 radical (unpaired) electrons. The highest BCUT2D eigenvalue weighted by Crippen LogP contribution is 2.34. The first kappa shape index (κ1) is 13.6. The van der Waals surface area contributed by atoms with Crippen LogP contribution in [-0.4, -0.2) is 10.8 Å². The molecule has 0 atom stereocenters. The molecule has 3 rings (SSSR count). The molecule has 0 aliphatic carbocycles. The topological polar surface area (TPSA) is 84.3 Å². The van der Waals surface area contributed by atoms with Gasteiger partial charge in [-0.05, 0) is 29.5 Å². The fourth-order valence-electron chi connectivity index (χ4n) is 2.30. The lowest BCUT2D eigenvalue weighted by molar-refractivity contribution is -0.384. The summed E-state index contributed by atoms with van der Waals surface area (Å²) in [6, 6.07) is 7.09. The van der Waals surface area contributed by atoms with Gasteiger partial charge in [0.05, 0.1) is 4.92 Å². The number of aryl methyl sites for hydroxylation is 1. The minimum Gasteiger partial charge on any atom is -0.375 e. The number of anilines is 2. The Bertz CT molecular complexity index is 698. The molecular formula is C14H13N3O3S. The van der Waals surface area contributed by atoms with Crippen LogP contribution in [-0.2, 0) is 17.8 Å². The minimum atomic E-state index is -0.395. The lowest BCUT2D eigenvalue weighted by atomic mass is 10.0. The SMILES string of the molecule is O=C1CCc2cc([N+](=O)[O-])c(NCc3cccs3)cc2N1. The summed E-state index contributed by atoms with van der Waals surface area (Å²) in [5.74, 6) is -0.0550. The van der Waals surface area contributed by atoms with Gasteiger partial charge in [-0.1, -0.05) is 6.07 Å². The molecule has 0 spiro atoms. The summed E-state index contributed by atoms with van der Waals surface area (Å²) in [4.78, 5) is 23.3. The van der Waals surface area contributed by atoms with Crippen LogP contribution in [0.1, 0.15) is 16.9 Å². The lowest BCUT2D eigenvalue weighted by Gasteiger charge is -2.18. The number of thiophene rings is 1. The van der Waals surface area contributed by atoms with E-state index < -0.39 is 4.92 Å². The molecule has 2 N–H and O–H groups in total. The summed E-state index contributed by atoms with van der Waals surface area (Å²) in [6.45, 7) is 0.519. The van der Waals surface area contributed by atoms with E-state index >= 15 is 0 Å². The van der Waals surface area contributed by atoms with Gasteiger partial charge >= 0.3 is 0 Å². The zero-order valence-electron chi connectivity index (χ0n) is 11.1. The van der Waals surface area contributed by atoms with Crippen LogP contribution in [0.15, 0.2) is 29.6 Å². The Hall–Kier alpha value is -2.41. The van der Waals surface area contributed by atoms with Gasteiger partial charge in [-0.15, -0.1) is 11.3 Å². The smallest absolute Gasteiger partial charge is 0.292 e. The van der Waals surface area contributed by atoms with E-state index in [-0.39, 0.29) is 11.6 Å². The number of amides is 1. The first-order valence-corrected chi connectivity index (χ1v) is 7.39. The van der Waals surface area contributed by atoms with E-state index in [9.17, 15) is 14.9 Å². The van der Waals surface area contributed by atoms with Crippen LogP contribution in [0.4, 0.5) is 17.1 Å². The number of hydrogen-bond acceptors (Lipinski definition) is 5. The van der Waals surface area contributed by atoms with Gasteiger partial charge in [0.2, 0.25) is 5.91 Å². The van der Waals surface area contributed by atoms with Crippen LogP contribution in [0.3, 0.4) is 0 Å². The van der Waals surface area contributed by atoms with E-state index in [4.69, 9.17) is 0 Å². The zero-order valence-corrected chi connectivity index (χ0v) is 11.9. The molecule has 1 aliphatic heterocycles. The van der Waals surface area contributed by atoms with Crippen molar-refractivity contribution >= 4 is 34.3 Å². The molecule has 108 valence electrons. The Labute approximate surface area is 124 Å². The van der Waals surface area contributed by atoms with E-state index in [2.05, 4.69) is 10.6 Å². The summed E-state index contributed by atoms with van der Waals surface area (Å²) in [7, 11) is 0. The van der Waals surface area contributed by atoms with Crippen molar-refractivity contribution in [2.45, 2.75) is 19.4 Å². The number of nitrogens with one attached hydrogen (secondary N) is 2. The molecule has 0 bridgehead atoms. The summed E-state index contributed by atoms with van der Waals surface area (Å²) >= 11 is 1.58. The van der Waals surface area contributed by atoms with Gasteiger partial charge in [-0.2, -0.15) is 0 Å². The van der Waals surface area contributed by atoms with Crippen LogP contribution in [0.5, 0.6) is 0 Å². The summed E-state index contributed by atoms with van der Waals surface area (Å²) in [5, 5.41) is 19.0. The quantitative estimate of drug-likeness (QED) is 0.671. The average Bonchev–Trinajstić information content (AvgIpc) is 2.97. The summed E-state index contributed by atoms with van der Waals surface area (Å²) in [5.41, 5.74) is 1.93. The van der Waals surface area contributed by atoms with Gasteiger partial charge in [0.25, 0.3) is 5.69 Å². The second-order valence-corrected chi connectivity index (χ2v) is 5.80. The van der Waals surface area contributed by atoms with Crippen molar-refractivity contribution in [2.75, 3.05) is 10.6 Å². The molecule has 0 unspecified atom stereocenters. The zero-order chi connectivity index (χ0) is 14.8. The van der Waals surface area contributed by atoms with Crippen molar-refractivity contribution in [1.82, 2.24) is 0 Å². The highest BCUT2D eigenvalue weighted by molar-refractivity contribution is 7.09. The van der Waals surface area contributed by atoms with Crippen LogP contribution in [0, 0.1) is 10.1 Å². The van der Waals surface area contributed by atoms with E-state index in [1.165, 1.54) is 0 Å². The maximum Gasteiger partial charge on any atom is 0.292 e. The number of hydrogen-bond donors (Lipinski definition) is 2. The van der Waals surface area contributed by atoms with Crippen LogP contribution in [0.2, 0.25) is 0 Å². The van der Waals surface area contributed by atoms with Crippen LogP contribution >= 0.6 is 11.3 Å². The van der Waals surface area contributed by atoms with Gasteiger partial charge in [0, 0.05) is 29.6 Å². The Morgan fingerprint density at radius 2 is 2.24 bits per heavy atom. The second-order valence-electron chi connectivity index (χ2n) is 4.76. The number of nitrogens with zero attached hydrogens (tertiary/aromatic N) is 1. The van der Waals surface area contributed by atoms with Crippen molar-refractivity contribution in [3.63, 3.8) is 0 Å². The third-order valence-corrected chi connectivity index (χ3v) is 4.22. The maximum absolute atomic E-state index is 11.4. The number of benzene rings is 1. The van der Waals surface area contributed by atoms with Gasteiger partial charge in [-0.25, -0.2) is 0 Å². The predicted octanol–water partition coefficient (Wildman–Crippen LogP) is 3.15. The van der Waals surface area contributed by atoms with Gasteiger partial charge in [-0.3, -0.25) is 14.9 Å². The first-order valence-electron chi connectivity index (χ1n) is 6.51. The van der Waals surface area contributed by atoms with Gasteiger partial charge in [0.1, 0.15) is 5.69 Å². The average molecular weight is 303 g/mol. The predicted molar refractivity (Wildman–Crippen MR) is 81.7 cm³/mol. The molecule has 2 aromatic rings. The highest BCUT2D eigenvalue weighted by atomic mass is 32.1. The Kier molecular flexibility index (Phi) is 3.57. The van der Waals surface area contributed by atoms with E-state index in [0.29, 0.717) is 30.8 Å². The number of nitro benzene ring substituents is 1. The molecule has 0 fully saturated rings. The van der Waals surface area contributed by atoms with Crippen molar-refractivity contribution in [1.29, 1.82) is 0 Å². The molecule has 1 amide bonds. The molecule has 7 heteroatoms. The minimum absolute atomic E-state index is 0.0430. The van der Waals surface area contributed by atoms with Crippen molar-refractivity contribution in [3.8, 4) is 0 Å². The molecule has 2 heterocycles. The van der Waals surface area contributed by atoms with E-state index in [1.807, 2.05) is 17.5 Å².